The molecule has 4 rings (SSSR count). The molecule has 124 valence electrons. The number of aromatic nitrogens is 3. The summed E-state index contributed by atoms with van der Waals surface area (Å²) in [5, 5.41) is 0. The van der Waals surface area contributed by atoms with Crippen LogP contribution in [0.4, 0.5) is 0 Å². The lowest BCUT2D eigenvalue weighted by molar-refractivity contribution is 0.166. The van der Waals surface area contributed by atoms with Crippen molar-refractivity contribution in [3.63, 3.8) is 0 Å². The summed E-state index contributed by atoms with van der Waals surface area (Å²) in [6, 6.07) is 4.66. The monoisotopic (exact) mass is 314 g/mol. The fourth-order valence-electron chi connectivity index (χ4n) is 3.94. The lowest BCUT2D eigenvalue weighted by Gasteiger charge is -2.33. The molecule has 5 heteroatoms. The highest BCUT2D eigenvalue weighted by molar-refractivity contribution is 5.71. The van der Waals surface area contributed by atoms with Crippen LogP contribution < -0.4 is 0 Å². The zero-order chi connectivity index (χ0) is 15.6. The van der Waals surface area contributed by atoms with E-state index in [0.29, 0.717) is 12.0 Å². The number of rotatable bonds is 4. The molecule has 2 atom stereocenters. The minimum atomic E-state index is 0.599. The molecule has 0 radical (unpaired) electrons. The normalized spacial score (nSPS) is 26.1. The van der Waals surface area contributed by atoms with Gasteiger partial charge in [-0.2, -0.15) is 0 Å². The standard InChI is InChI=1S/C18H26N4O/c1-21-9-3-2-5-15(21)12-22-17(11-14-7-10-23-13-14)20-16-6-4-8-19-18(16)22/h4,6,8,14-15H,2-3,5,7,9-13H2,1H3. The largest absolute Gasteiger partial charge is 0.381 e. The Balaban J connectivity index is 1.64. The van der Waals surface area contributed by atoms with E-state index in [1.807, 2.05) is 12.3 Å². The van der Waals surface area contributed by atoms with Crippen LogP contribution in [0.15, 0.2) is 18.3 Å². The van der Waals surface area contributed by atoms with E-state index in [0.717, 1.165) is 43.8 Å². The average molecular weight is 314 g/mol. The summed E-state index contributed by atoms with van der Waals surface area (Å²) < 4.78 is 7.92. The topological polar surface area (TPSA) is 43.2 Å². The predicted octanol–water partition coefficient (Wildman–Crippen LogP) is 2.49. The second-order valence-corrected chi connectivity index (χ2v) is 7.05. The molecular weight excluding hydrogens is 288 g/mol. The Morgan fingerprint density at radius 2 is 2.26 bits per heavy atom. The van der Waals surface area contributed by atoms with Crippen molar-refractivity contribution in [1.29, 1.82) is 0 Å². The van der Waals surface area contributed by atoms with E-state index in [2.05, 4.69) is 27.6 Å². The molecule has 2 aromatic heterocycles. The van der Waals surface area contributed by atoms with E-state index in [9.17, 15) is 0 Å². The molecule has 2 fully saturated rings. The highest BCUT2D eigenvalue weighted by Crippen LogP contribution is 2.24. The van der Waals surface area contributed by atoms with E-state index in [1.165, 1.54) is 31.6 Å². The molecule has 4 heterocycles. The summed E-state index contributed by atoms with van der Waals surface area (Å²) in [5.74, 6) is 1.79. The molecule has 2 unspecified atom stereocenters. The van der Waals surface area contributed by atoms with Crippen LogP contribution in [0.2, 0.25) is 0 Å². The van der Waals surface area contributed by atoms with Gasteiger partial charge in [-0.15, -0.1) is 0 Å². The molecule has 0 N–H and O–H groups in total. The molecule has 5 nitrogen and oxygen atoms in total. The molecule has 2 aromatic rings. The fraction of sp³-hybridized carbons (Fsp3) is 0.667. The van der Waals surface area contributed by atoms with Crippen LogP contribution in [0.1, 0.15) is 31.5 Å². The van der Waals surface area contributed by atoms with Gasteiger partial charge in [0.25, 0.3) is 0 Å². The van der Waals surface area contributed by atoms with Gasteiger partial charge in [-0.1, -0.05) is 6.42 Å². The minimum Gasteiger partial charge on any atom is -0.381 e. The Bertz CT molecular complexity index is 662. The summed E-state index contributed by atoms with van der Waals surface area (Å²) in [5.41, 5.74) is 2.07. The molecule has 2 aliphatic rings. The van der Waals surface area contributed by atoms with Crippen LogP contribution in [-0.4, -0.2) is 52.3 Å². The number of ether oxygens (including phenoxy) is 1. The van der Waals surface area contributed by atoms with Gasteiger partial charge in [0.1, 0.15) is 11.3 Å². The summed E-state index contributed by atoms with van der Waals surface area (Å²) >= 11 is 0. The summed E-state index contributed by atoms with van der Waals surface area (Å²) in [6.07, 6.45) is 7.97. The number of fused-ring (bicyclic) bond motifs is 1. The third kappa shape index (κ3) is 3.12. The lowest BCUT2D eigenvalue weighted by Crippen LogP contribution is -2.39. The number of likely N-dealkylation sites (tertiary alicyclic amines) is 1. The molecule has 0 aromatic carbocycles. The van der Waals surface area contributed by atoms with Crippen molar-refractivity contribution < 1.29 is 4.74 Å². The van der Waals surface area contributed by atoms with Crippen LogP contribution in [0, 0.1) is 5.92 Å². The Morgan fingerprint density at radius 3 is 3.09 bits per heavy atom. The number of likely N-dealkylation sites (N-methyl/N-ethyl adjacent to an activating group) is 1. The molecular formula is C18H26N4O. The number of hydrogen-bond donors (Lipinski definition) is 0. The van der Waals surface area contributed by atoms with E-state index < -0.39 is 0 Å². The average Bonchev–Trinajstić information content (AvgIpc) is 3.19. The van der Waals surface area contributed by atoms with Gasteiger partial charge >= 0.3 is 0 Å². The van der Waals surface area contributed by atoms with Gasteiger partial charge in [-0.3, -0.25) is 0 Å². The van der Waals surface area contributed by atoms with Crippen LogP contribution in [0.3, 0.4) is 0 Å². The maximum Gasteiger partial charge on any atom is 0.160 e. The molecule has 23 heavy (non-hydrogen) atoms. The van der Waals surface area contributed by atoms with Crippen LogP contribution in [0.5, 0.6) is 0 Å². The van der Waals surface area contributed by atoms with Gasteiger partial charge in [0.15, 0.2) is 5.65 Å². The van der Waals surface area contributed by atoms with Crippen molar-refractivity contribution in [3.8, 4) is 0 Å². The van der Waals surface area contributed by atoms with Gasteiger partial charge in [-0.25, -0.2) is 9.97 Å². The smallest absolute Gasteiger partial charge is 0.160 e. The van der Waals surface area contributed by atoms with Crippen LogP contribution >= 0.6 is 0 Å². The predicted molar refractivity (Wildman–Crippen MR) is 90.4 cm³/mol. The zero-order valence-corrected chi connectivity index (χ0v) is 13.9. The first-order valence-electron chi connectivity index (χ1n) is 8.89. The number of piperidine rings is 1. The summed E-state index contributed by atoms with van der Waals surface area (Å²) in [7, 11) is 2.25. The minimum absolute atomic E-state index is 0.599. The number of imidazole rings is 1. The Labute approximate surface area is 137 Å². The third-order valence-electron chi connectivity index (χ3n) is 5.39. The highest BCUT2D eigenvalue weighted by atomic mass is 16.5. The third-order valence-corrected chi connectivity index (χ3v) is 5.39. The van der Waals surface area contributed by atoms with Crippen LogP contribution in [-0.2, 0) is 17.7 Å². The number of nitrogens with zero attached hydrogens (tertiary/aromatic N) is 4. The second kappa shape index (κ2) is 6.57. The van der Waals surface area contributed by atoms with E-state index in [1.54, 1.807) is 0 Å². The van der Waals surface area contributed by atoms with Gasteiger partial charge in [0.05, 0.1) is 0 Å². The zero-order valence-electron chi connectivity index (χ0n) is 13.9. The quantitative estimate of drug-likeness (QED) is 0.869. The maximum absolute atomic E-state index is 5.55. The van der Waals surface area contributed by atoms with Crippen molar-refractivity contribution >= 4 is 11.2 Å². The van der Waals surface area contributed by atoms with Crippen molar-refractivity contribution in [3.05, 3.63) is 24.2 Å². The summed E-state index contributed by atoms with van der Waals surface area (Å²) in [4.78, 5) is 12.0. The van der Waals surface area contributed by atoms with Gasteiger partial charge in [0.2, 0.25) is 0 Å². The maximum atomic E-state index is 5.55. The highest BCUT2D eigenvalue weighted by Gasteiger charge is 2.24. The number of pyridine rings is 1. The molecule has 2 saturated heterocycles. The van der Waals surface area contributed by atoms with Crippen molar-refractivity contribution in [2.45, 2.75) is 44.7 Å². The van der Waals surface area contributed by atoms with E-state index >= 15 is 0 Å². The Kier molecular flexibility index (Phi) is 4.31. The van der Waals surface area contributed by atoms with Gasteiger partial charge in [0, 0.05) is 38.4 Å². The van der Waals surface area contributed by atoms with Crippen molar-refractivity contribution in [2.75, 3.05) is 26.8 Å². The Morgan fingerprint density at radius 1 is 1.30 bits per heavy atom. The molecule has 2 aliphatic heterocycles. The first kappa shape index (κ1) is 15.1. The molecule has 0 bridgehead atoms. The van der Waals surface area contributed by atoms with Gasteiger partial charge in [-0.05, 0) is 50.9 Å². The first-order valence-corrected chi connectivity index (χ1v) is 8.89. The molecule has 0 saturated carbocycles. The second-order valence-electron chi connectivity index (χ2n) is 7.05. The van der Waals surface area contributed by atoms with Crippen LogP contribution in [0.25, 0.3) is 11.2 Å². The first-order chi connectivity index (χ1) is 11.3. The fourth-order valence-corrected chi connectivity index (χ4v) is 3.94. The van der Waals surface area contributed by atoms with E-state index in [4.69, 9.17) is 9.72 Å². The Hall–Kier alpha value is -1.46. The number of hydrogen-bond acceptors (Lipinski definition) is 4. The molecule has 0 spiro atoms. The summed E-state index contributed by atoms with van der Waals surface area (Å²) in [6.45, 7) is 3.98. The molecule has 0 amide bonds. The SMILES string of the molecule is CN1CCCCC1Cn1c(CC2CCOC2)nc2cccnc21. The van der Waals surface area contributed by atoms with Crippen molar-refractivity contribution in [1.82, 2.24) is 19.4 Å². The lowest BCUT2D eigenvalue weighted by atomic mass is 10.0. The van der Waals surface area contributed by atoms with Crippen molar-refractivity contribution in [2.24, 2.45) is 5.92 Å². The molecule has 0 aliphatic carbocycles. The van der Waals surface area contributed by atoms with Gasteiger partial charge < -0.3 is 14.2 Å². The van der Waals surface area contributed by atoms with E-state index in [-0.39, 0.29) is 0 Å².